The Labute approximate surface area is 112 Å². The van der Waals surface area contributed by atoms with E-state index in [9.17, 15) is 0 Å². The van der Waals surface area contributed by atoms with Crippen molar-refractivity contribution in [2.45, 2.75) is 58.4 Å². The molecule has 1 aliphatic rings. The average molecular weight is 245 g/mol. The van der Waals surface area contributed by atoms with Crippen LogP contribution >= 0.6 is 0 Å². The van der Waals surface area contributed by atoms with Crippen molar-refractivity contribution in [1.29, 1.82) is 0 Å². The van der Waals surface area contributed by atoms with Crippen molar-refractivity contribution in [3.05, 3.63) is 35.4 Å². The maximum Gasteiger partial charge on any atom is 0.0108 e. The minimum atomic E-state index is 0.351. The van der Waals surface area contributed by atoms with Crippen LogP contribution in [0.1, 0.15) is 50.2 Å². The van der Waals surface area contributed by atoms with E-state index in [0.717, 1.165) is 18.3 Å². The number of rotatable bonds is 4. The lowest BCUT2D eigenvalue weighted by Gasteiger charge is -2.32. The van der Waals surface area contributed by atoms with Crippen molar-refractivity contribution >= 4 is 0 Å². The fraction of sp³-hybridized carbons (Fsp3) is 0.647. The van der Waals surface area contributed by atoms with Gasteiger partial charge >= 0.3 is 0 Å². The van der Waals surface area contributed by atoms with Crippen LogP contribution in [0.25, 0.3) is 0 Å². The van der Waals surface area contributed by atoms with Crippen LogP contribution in [0.15, 0.2) is 24.3 Å². The molecule has 2 N–H and O–H groups in total. The smallest absolute Gasteiger partial charge is 0.0108 e. The Kier molecular flexibility index (Phi) is 4.82. The van der Waals surface area contributed by atoms with Crippen LogP contribution in [0.4, 0.5) is 0 Å². The molecule has 0 heterocycles. The average Bonchev–Trinajstić information content (AvgIpc) is 2.41. The van der Waals surface area contributed by atoms with E-state index in [2.05, 4.69) is 38.1 Å². The van der Waals surface area contributed by atoms with Gasteiger partial charge in [0.25, 0.3) is 0 Å². The van der Waals surface area contributed by atoms with Gasteiger partial charge in [0, 0.05) is 6.04 Å². The van der Waals surface area contributed by atoms with Crippen LogP contribution in [0.5, 0.6) is 0 Å². The molecular formula is C17H27N. The van der Waals surface area contributed by atoms with E-state index in [4.69, 9.17) is 5.73 Å². The van der Waals surface area contributed by atoms with Crippen LogP contribution in [0.3, 0.4) is 0 Å². The molecule has 18 heavy (non-hydrogen) atoms. The van der Waals surface area contributed by atoms with Gasteiger partial charge in [0.05, 0.1) is 0 Å². The van der Waals surface area contributed by atoms with Gasteiger partial charge < -0.3 is 5.73 Å². The first kappa shape index (κ1) is 13.6. The Morgan fingerprint density at radius 2 is 1.83 bits per heavy atom. The van der Waals surface area contributed by atoms with E-state index in [0.29, 0.717) is 6.04 Å². The molecule has 0 aromatic heterocycles. The van der Waals surface area contributed by atoms with Gasteiger partial charge in [-0.25, -0.2) is 0 Å². The minimum absolute atomic E-state index is 0.351. The fourth-order valence-electron chi connectivity index (χ4n) is 3.28. The summed E-state index contributed by atoms with van der Waals surface area (Å²) in [7, 11) is 0. The van der Waals surface area contributed by atoms with E-state index in [1.54, 1.807) is 0 Å². The summed E-state index contributed by atoms with van der Waals surface area (Å²) < 4.78 is 0. The van der Waals surface area contributed by atoms with Crippen LogP contribution in [0.2, 0.25) is 0 Å². The van der Waals surface area contributed by atoms with Crippen LogP contribution in [-0.4, -0.2) is 6.04 Å². The zero-order valence-corrected chi connectivity index (χ0v) is 11.9. The van der Waals surface area contributed by atoms with Gasteiger partial charge in [0.1, 0.15) is 0 Å². The molecule has 0 spiro atoms. The quantitative estimate of drug-likeness (QED) is 0.850. The van der Waals surface area contributed by atoms with Crippen molar-refractivity contribution < 1.29 is 0 Å². The molecule has 100 valence electrons. The fourth-order valence-corrected chi connectivity index (χ4v) is 3.28. The van der Waals surface area contributed by atoms with Gasteiger partial charge in [0.2, 0.25) is 0 Å². The Bertz CT molecular complexity index is 364. The van der Waals surface area contributed by atoms with Gasteiger partial charge in [0.15, 0.2) is 0 Å². The first-order valence-electron chi connectivity index (χ1n) is 7.50. The number of nitrogens with two attached hydrogens (primary N) is 1. The zero-order chi connectivity index (χ0) is 13.0. The number of hydrogen-bond donors (Lipinski definition) is 1. The molecule has 1 aromatic rings. The molecule has 1 fully saturated rings. The van der Waals surface area contributed by atoms with E-state index >= 15 is 0 Å². The summed E-state index contributed by atoms with van der Waals surface area (Å²) in [6, 6.07) is 9.01. The summed E-state index contributed by atoms with van der Waals surface area (Å²) in [5.41, 5.74) is 9.25. The highest BCUT2D eigenvalue weighted by Crippen LogP contribution is 2.32. The summed E-state index contributed by atoms with van der Waals surface area (Å²) in [4.78, 5) is 0. The molecule has 1 heteroatoms. The standard InChI is InChI=1S/C17H27N/c1-3-14-8-10-15(11-9-14)17(18)12-16-7-5-4-6-13(16)2/h4-7,14-15,17H,3,8-12,18H2,1-2H3. The lowest BCUT2D eigenvalue weighted by Crippen LogP contribution is -2.35. The van der Waals surface area contributed by atoms with Crippen LogP contribution in [-0.2, 0) is 6.42 Å². The number of aryl methyl sites for hydroxylation is 1. The van der Waals surface area contributed by atoms with E-state index in [1.807, 2.05) is 0 Å². The predicted molar refractivity (Wildman–Crippen MR) is 78.6 cm³/mol. The molecule has 2 rings (SSSR count). The van der Waals surface area contributed by atoms with Crippen LogP contribution in [0, 0.1) is 18.8 Å². The Hall–Kier alpha value is -0.820. The van der Waals surface area contributed by atoms with E-state index in [1.165, 1.54) is 43.2 Å². The third-order valence-electron chi connectivity index (χ3n) is 4.79. The predicted octanol–water partition coefficient (Wildman–Crippen LogP) is 4.08. The largest absolute Gasteiger partial charge is 0.327 e. The lowest BCUT2D eigenvalue weighted by atomic mass is 9.76. The normalized spacial score (nSPS) is 25.9. The van der Waals surface area contributed by atoms with Gasteiger partial charge in [-0.2, -0.15) is 0 Å². The maximum atomic E-state index is 6.44. The van der Waals surface area contributed by atoms with Gasteiger partial charge in [-0.15, -0.1) is 0 Å². The van der Waals surface area contributed by atoms with Crippen LogP contribution < -0.4 is 5.73 Å². The molecule has 0 aliphatic heterocycles. The van der Waals surface area contributed by atoms with Gasteiger partial charge in [-0.05, 0) is 49.1 Å². The van der Waals surface area contributed by atoms with Crippen molar-refractivity contribution in [1.82, 2.24) is 0 Å². The second kappa shape index (κ2) is 6.38. The SMILES string of the molecule is CCC1CCC(C(N)Cc2ccccc2C)CC1. The van der Waals surface area contributed by atoms with Crippen molar-refractivity contribution in [2.75, 3.05) is 0 Å². The van der Waals surface area contributed by atoms with E-state index < -0.39 is 0 Å². The van der Waals surface area contributed by atoms with E-state index in [-0.39, 0.29) is 0 Å². The number of benzene rings is 1. The third-order valence-corrected chi connectivity index (χ3v) is 4.79. The highest BCUT2D eigenvalue weighted by Gasteiger charge is 2.24. The summed E-state index contributed by atoms with van der Waals surface area (Å²) in [5, 5.41) is 0. The number of hydrogen-bond acceptors (Lipinski definition) is 1. The lowest BCUT2D eigenvalue weighted by molar-refractivity contribution is 0.238. The second-order valence-corrected chi connectivity index (χ2v) is 5.98. The van der Waals surface area contributed by atoms with Crippen molar-refractivity contribution in [3.63, 3.8) is 0 Å². The second-order valence-electron chi connectivity index (χ2n) is 5.98. The minimum Gasteiger partial charge on any atom is -0.327 e. The summed E-state index contributed by atoms with van der Waals surface area (Å²) in [5.74, 6) is 1.71. The molecule has 1 aliphatic carbocycles. The van der Waals surface area contributed by atoms with Crippen molar-refractivity contribution in [2.24, 2.45) is 17.6 Å². The molecular weight excluding hydrogens is 218 g/mol. The molecule has 0 bridgehead atoms. The third kappa shape index (κ3) is 3.35. The maximum absolute atomic E-state index is 6.44. The molecule has 0 saturated heterocycles. The molecule has 1 saturated carbocycles. The first-order valence-corrected chi connectivity index (χ1v) is 7.50. The van der Waals surface area contributed by atoms with Crippen molar-refractivity contribution in [3.8, 4) is 0 Å². The topological polar surface area (TPSA) is 26.0 Å². The van der Waals surface area contributed by atoms with Gasteiger partial charge in [-0.1, -0.05) is 50.5 Å². The summed E-state index contributed by atoms with van der Waals surface area (Å²) >= 11 is 0. The first-order chi connectivity index (χ1) is 8.70. The Balaban J connectivity index is 1.89. The highest BCUT2D eigenvalue weighted by atomic mass is 14.7. The monoisotopic (exact) mass is 245 g/mol. The molecule has 0 radical (unpaired) electrons. The zero-order valence-electron chi connectivity index (χ0n) is 11.9. The summed E-state index contributed by atoms with van der Waals surface area (Å²) in [6.07, 6.45) is 7.86. The highest BCUT2D eigenvalue weighted by molar-refractivity contribution is 5.26. The summed E-state index contributed by atoms with van der Waals surface area (Å²) in [6.45, 7) is 4.51. The molecule has 0 amide bonds. The molecule has 1 nitrogen and oxygen atoms in total. The molecule has 1 unspecified atom stereocenters. The Morgan fingerprint density at radius 3 is 2.44 bits per heavy atom. The Morgan fingerprint density at radius 1 is 1.17 bits per heavy atom. The van der Waals surface area contributed by atoms with Gasteiger partial charge in [-0.3, -0.25) is 0 Å². The molecule has 1 atom stereocenters. The molecule has 1 aromatic carbocycles.